The number of likely N-dealkylation sites (N-methyl/N-ethyl adjacent to an activating group) is 1. The Morgan fingerprint density at radius 3 is 2.75 bits per heavy atom. The van der Waals surface area contributed by atoms with Gasteiger partial charge in [-0.1, -0.05) is 5.21 Å². The van der Waals surface area contributed by atoms with Crippen molar-refractivity contribution >= 4 is 11.9 Å². The highest BCUT2D eigenvalue weighted by Gasteiger charge is 2.28. The SMILES string of the molecule is CCNC(=O)Cn1nnc(C(=O)O)c1C1CCNCC1. The van der Waals surface area contributed by atoms with Crippen LogP contribution in [0.1, 0.15) is 41.9 Å². The van der Waals surface area contributed by atoms with Crippen LogP contribution in [0, 0.1) is 0 Å². The fourth-order valence-electron chi connectivity index (χ4n) is 2.48. The first kappa shape index (κ1) is 14.4. The molecule has 2 heterocycles. The molecular weight excluding hydrogens is 262 g/mol. The number of aromatic nitrogens is 3. The lowest BCUT2D eigenvalue weighted by Gasteiger charge is -2.23. The van der Waals surface area contributed by atoms with Crippen LogP contribution < -0.4 is 10.6 Å². The van der Waals surface area contributed by atoms with Crippen LogP contribution in [-0.2, 0) is 11.3 Å². The van der Waals surface area contributed by atoms with Gasteiger partial charge in [-0.3, -0.25) is 4.79 Å². The van der Waals surface area contributed by atoms with Crippen LogP contribution in [0.5, 0.6) is 0 Å². The van der Waals surface area contributed by atoms with E-state index in [0.717, 1.165) is 25.9 Å². The highest BCUT2D eigenvalue weighted by molar-refractivity contribution is 5.87. The first-order valence-corrected chi connectivity index (χ1v) is 6.77. The van der Waals surface area contributed by atoms with Crippen LogP contribution in [0.3, 0.4) is 0 Å². The Balaban J connectivity index is 2.26. The van der Waals surface area contributed by atoms with E-state index in [0.29, 0.717) is 12.2 Å². The molecule has 2 rings (SSSR count). The minimum Gasteiger partial charge on any atom is -0.476 e. The zero-order valence-electron chi connectivity index (χ0n) is 11.4. The van der Waals surface area contributed by atoms with Gasteiger partial charge in [0.15, 0.2) is 5.69 Å². The van der Waals surface area contributed by atoms with Crippen molar-refractivity contribution in [3.8, 4) is 0 Å². The summed E-state index contributed by atoms with van der Waals surface area (Å²) in [6.07, 6.45) is 1.64. The number of amides is 1. The molecule has 1 saturated heterocycles. The van der Waals surface area contributed by atoms with E-state index in [1.165, 1.54) is 4.68 Å². The maximum Gasteiger partial charge on any atom is 0.358 e. The third-order valence-electron chi connectivity index (χ3n) is 3.37. The van der Waals surface area contributed by atoms with Gasteiger partial charge < -0.3 is 15.7 Å². The van der Waals surface area contributed by atoms with Crippen molar-refractivity contribution in [2.45, 2.75) is 32.2 Å². The van der Waals surface area contributed by atoms with Gasteiger partial charge in [0, 0.05) is 12.5 Å². The first-order valence-electron chi connectivity index (χ1n) is 6.77. The van der Waals surface area contributed by atoms with Gasteiger partial charge in [-0.25, -0.2) is 9.48 Å². The van der Waals surface area contributed by atoms with Crippen LogP contribution in [-0.4, -0.2) is 51.6 Å². The molecule has 0 radical (unpaired) electrons. The maximum atomic E-state index is 11.7. The van der Waals surface area contributed by atoms with E-state index in [-0.39, 0.29) is 24.1 Å². The minimum atomic E-state index is -1.10. The summed E-state index contributed by atoms with van der Waals surface area (Å²) in [6, 6.07) is 0. The van der Waals surface area contributed by atoms with E-state index in [2.05, 4.69) is 20.9 Å². The normalized spacial score (nSPS) is 16.1. The summed E-state index contributed by atoms with van der Waals surface area (Å²) in [5.74, 6) is -1.21. The average molecular weight is 281 g/mol. The van der Waals surface area contributed by atoms with Gasteiger partial charge >= 0.3 is 5.97 Å². The summed E-state index contributed by atoms with van der Waals surface area (Å²) < 4.78 is 1.42. The van der Waals surface area contributed by atoms with Gasteiger partial charge in [0.1, 0.15) is 6.54 Å². The Bertz CT molecular complexity index is 493. The van der Waals surface area contributed by atoms with Gasteiger partial charge in [-0.2, -0.15) is 0 Å². The molecule has 0 unspecified atom stereocenters. The molecular formula is C12H19N5O3. The lowest BCUT2D eigenvalue weighted by Crippen LogP contribution is -2.31. The average Bonchev–Trinajstić information content (AvgIpc) is 2.83. The number of nitrogens with one attached hydrogen (secondary N) is 2. The number of aromatic carboxylic acids is 1. The highest BCUT2D eigenvalue weighted by Crippen LogP contribution is 2.27. The summed E-state index contributed by atoms with van der Waals surface area (Å²) in [5.41, 5.74) is 0.520. The molecule has 1 aromatic heterocycles. The van der Waals surface area contributed by atoms with Crippen molar-refractivity contribution in [1.29, 1.82) is 0 Å². The Morgan fingerprint density at radius 2 is 2.15 bits per heavy atom. The second kappa shape index (κ2) is 6.47. The summed E-state index contributed by atoms with van der Waals surface area (Å²) in [4.78, 5) is 22.9. The van der Waals surface area contributed by atoms with Gasteiger partial charge in [-0.05, 0) is 32.9 Å². The van der Waals surface area contributed by atoms with Crippen LogP contribution in [0.2, 0.25) is 0 Å². The van der Waals surface area contributed by atoms with Crippen molar-refractivity contribution < 1.29 is 14.7 Å². The second-order valence-electron chi connectivity index (χ2n) is 4.76. The molecule has 0 aliphatic carbocycles. The number of carbonyl (C=O) groups excluding carboxylic acids is 1. The maximum absolute atomic E-state index is 11.7. The van der Waals surface area contributed by atoms with Crippen molar-refractivity contribution in [3.05, 3.63) is 11.4 Å². The molecule has 3 N–H and O–H groups in total. The molecule has 0 bridgehead atoms. The molecule has 8 nitrogen and oxygen atoms in total. The molecule has 0 aromatic carbocycles. The Hall–Kier alpha value is -1.96. The molecule has 110 valence electrons. The summed E-state index contributed by atoms with van der Waals surface area (Å²) in [6.45, 7) is 4.02. The molecule has 1 aliphatic heterocycles. The van der Waals surface area contributed by atoms with E-state index in [9.17, 15) is 14.7 Å². The van der Waals surface area contributed by atoms with Gasteiger partial charge in [0.25, 0.3) is 0 Å². The highest BCUT2D eigenvalue weighted by atomic mass is 16.4. The number of carboxylic acids is 1. The third-order valence-corrected chi connectivity index (χ3v) is 3.37. The predicted octanol–water partition coefficient (Wildman–Crippen LogP) is -0.421. The molecule has 0 saturated carbocycles. The Morgan fingerprint density at radius 1 is 1.45 bits per heavy atom. The standard InChI is InChI=1S/C12H19N5O3/c1-2-14-9(18)7-17-11(8-3-5-13-6-4-8)10(12(19)20)15-16-17/h8,13H,2-7H2,1H3,(H,14,18)(H,19,20). The summed E-state index contributed by atoms with van der Waals surface area (Å²) >= 11 is 0. The fraction of sp³-hybridized carbons (Fsp3) is 0.667. The molecule has 1 aliphatic rings. The molecule has 1 aromatic rings. The molecule has 0 spiro atoms. The van der Waals surface area contributed by atoms with E-state index in [4.69, 9.17) is 0 Å². The Kier molecular flexibility index (Phi) is 4.67. The minimum absolute atomic E-state index is 0.00732. The van der Waals surface area contributed by atoms with Crippen molar-refractivity contribution in [2.24, 2.45) is 0 Å². The van der Waals surface area contributed by atoms with Gasteiger partial charge in [0.05, 0.1) is 5.69 Å². The molecule has 1 amide bonds. The number of hydrogen-bond donors (Lipinski definition) is 3. The van der Waals surface area contributed by atoms with E-state index < -0.39 is 5.97 Å². The van der Waals surface area contributed by atoms with Gasteiger partial charge in [0.2, 0.25) is 5.91 Å². The summed E-state index contributed by atoms with van der Waals surface area (Å²) in [5, 5.41) is 22.7. The lowest BCUT2D eigenvalue weighted by atomic mass is 9.93. The summed E-state index contributed by atoms with van der Waals surface area (Å²) in [7, 11) is 0. The molecule has 20 heavy (non-hydrogen) atoms. The smallest absolute Gasteiger partial charge is 0.358 e. The zero-order valence-corrected chi connectivity index (χ0v) is 11.4. The molecule has 1 fully saturated rings. The fourth-order valence-corrected chi connectivity index (χ4v) is 2.48. The zero-order chi connectivity index (χ0) is 14.5. The van der Waals surface area contributed by atoms with Crippen molar-refractivity contribution in [1.82, 2.24) is 25.6 Å². The quantitative estimate of drug-likeness (QED) is 0.676. The van der Waals surface area contributed by atoms with Crippen LogP contribution >= 0.6 is 0 Å². The number of hydrogen-bond acceptors (Lipinski definition) is 5. The molecule has 0 atom stereocenters. The van der Waals surface area contributed by atoms with Crippen molar-refractivity contribution in [3.63, 3.8) is 0 Å². The largest absolute Gasteiger partial charge is 0.476 e. The van der Waals surface area contributed by atoms with Crippen LogP contribution in [0.4, 0.5) is 0 Å². The number of piperidine rings is 1. The van der Waals surface area contributed by atoms with Crippen LogP contribution in [0.15, 0.2) is 0 Å². The lowest BCUT2D eigenvalue weighted by molar-refractivity contribution is -0.121. The number of nitrogens with zero attached hydrogens (tertiary/aromatic N) is 3. The number of carboxylic acid groups (broad SMARTS) is 1. The first-order chi connectivity index (χ1) is 9.63. The number of rotatable bonds is 5. The second-order valence-corrected chi connectivity index (χ2v) is 4.76. The Labute approximate surface area is 116 Å². The van der Waals surface area contributed by atoms with Crippen LogP contribution in [0.25, 0.3) is 0 Å². The topological polar surface area (TPSA) is 109 Å². The third kappa shape index (κ3) is 3.13. The van der Waals surface area contributed by atoms with Crippen molar-refractivity contribution in [2.75, 3.05) is 19.6 Å². The predicted molar refractivity (Wildman–Crippen MR) is 70.5 cm³/mol. The van der Waals surface area contributed by atoms with E-state index >= 15 is 0 Å². The monoisotopic (exact) mass is 281 g/mol. The van der Waals surface area contributed by atoms with Gasteiger partial charge in [-0.15, -0.1) is 5.10 Å². The number of carbonyl (C=O) groups is 2. The van der Waals surface area contributed by atoms with E-state index in [1.807, 2.05) is 6.92 Å². The van der Waals surface area contributed by atoms with E-state index in [1.54, 1.807) is 0 Å². The molecule has 8 heteroatoms.